The molecule has 1 aromatic rings. The summed E-state index contributed by atoms with van der Waals surface area (Å²) in [5, 5.41) is 13.4. The number of aliphatic carboxylic acids is 1. The zero-order chi connectivity index (χ0) is 18.2. The summed E-state index contributed by atoms with van der Waals surface area (Å²) in [5.74, 6) is -0.939. The van der Waals surface area contributed by atoms with E-state index in [2.05, 4.69) is 15.4 Å². The highest BCUT2D eigenvalue weighted by Crippen LogP contribution is 2.28. The maximum absolute atomic E-state index is 12.1. The van der Waals surface area contributed by atoms with Crippen LogP contribution in [0.1, 0.15) is 12.8 Å². The van der Waals surface area contributed by atoms with Gasteiger partial charge in [-0.1, -0.05) is 29.3 Å². The van der Waals surface area contributed by atoms with Gasteiger partial charge in [0.15, 0.2) is 0 Å². The second-order valence-electron chi connectivity index (χ2n) is 4.63. The Balaban J connectivity index is 2.35. The van der Waals surface area contributed by atoms with Gasteiger partial charge in [-0.05, 0) is 18.6 Å². The fourth-order valence-electron chi connectivity index (χ4n) is 1.63. The first-order valence-corrected chi connectivity index (χ1v) is 9.15. The first-order valence-electron chi connectivity index (χ1n) is 6.91. The molecule has 11 heteroatoms. The number of carboxylic acids is 1. The molecule has 1 aromatic carbocycles. The number of amides is 2. The summed E-state index contributed by atoms with van der Waals surface area (Å²) in [7, 11) is -3.85. The summed E-state index contributed by atoms with van der Waals surface area (Å²) >= 11 is 11.6. The van der Waals surface area contributed by atoms with Crippen LogP contribution in [0.5, 0.6) is 0 Å². The zero-order valence-electron chi connectivity index (χ0n) is 12.5. The van der Waals surface area contributed by atoms with Crippen LogP contribution < -0.4 is 15.4 Å². The molecule has 0 radical (unpaired) electrons. The van der Waals surface area contributed by atoms with Gasteiger partial charge in [-0.3, -0.25) is 4.79 Å². The van der Waals surface area contributed by atoms with Gasteiger partial charge in [-0.2, -0.15) is 0 Å². The summed E-state index contributed by atoms with van der Waals surface area (Å²) in [6.07, 6.45) is 0.267. The molecule has 0 aromatic heterocycles. The smallest absolute Gasteiger partial charge is 0.314 e. The standard InChI is InChI=1S/C13H17Cl2N3O5S/c14-9-3-1-4-10(12(9)15)24(22,23)18-8-7-17-13(21)16-6-2-5-11(19)20/h1,3-4,18H,2,5-8H2,(H,19,20)(H2,16,17,21). The maximum Gasteiger partial charge on any atom is 0.314 e. The van der Waals surface area contributed by atoms with Crippen molar-refractivity contribution in [3.8, 4) is 0 Å². The number of hydrogen-bond acceptors (Lipinski definition) is 4. The van der Waals surface area contributed by atoms with Crippen molar-refractivity contribution >= 4 is 45.2 Å². The van der Waals surface area contributed by atoms with E-state index in [1.807, 2.05) is 0 Å². The fourth-order valence-corrected chi connectivity index (χ4v) is 3.43. The van der Waals surface area contributed by atoms with Crippen LogP contribution in [0.4, 0.5) is 4.79 Å². The molecule has 0 bridgehead atoms. The van der Waals surface area contributed by atoms with Gasteiger partial charge in [0.25, 0.3) is 0 Å². The van der Waals surface area contributed by atoms with Crippen molar-refractivity contribution in [1.82, 2.24) is 15.4 Å². The third kappa shape index (κ3) is 6.91. The van der Waals surface area contributed by atoms with Crippen LogP contribution in [0.25, 0.3) is 0 Å². The molecule has 8 nitrogen and oxygen atoms in total. The molecule has 0 saturated carbocycles. The van der Waals surface area contributed by atoms with Crippen LogP contribution in [-0.4, -0.2) is 45.2 Å². The largest absolute Gasteiger partial charge is 0.481 e. The lowest BCUT2D eigenvalue weighted by Crippen LogP contribution is -2.40. The number of carboxylic acid groups (broad SMARTS) is 1. The third-order valence-electron chi connectivity index (χ3n) is 2.76. The van der Waals surface area contributed by atoms with E-state index in [1.165, 1.54) is 18.2 Å². The molecule has 2 amide bonds. The normalized spacial score (nSPS) is 11.1. The summed E-state index contributed by atoms with van der Waals surface area (Å²) in [4.78, 5) is 21.6. The molecule has 0 aliphatic carbocycles. The van der Waals surface area contributed by atoms with Crippen molar-refractivity contribution in [2.24, 2.45) is 0 Å². The van der Waals surface area contributed by atoms with E-state index in [0.717, 1.165) is 0 Å². The van der Waals surface area contributed by atoms with Gasteiger partial charge in [0, 0.05) is 26.1 Å². The average molecular weight is 398 g/mol. The summed E-state index contributed by atoms with van der Waals surface area (Å²) in [5.41, 5.74) is 0. The van der Waals surface area contributed by atoms with Crippen LogP contribution >= 0.6 is 23.2 Å². The Hall–Kier alpha value is -1.55. The van der Waals surface area contributed by atoms with Crippen LogP contribution in [-0.2, 0) is 14.8 Å². The SMILES string of the molecule is O=C(O)CCCNC(=O)NCCNS(=O)(=O)c1cccc(Cl)c1Cl. The number of hydrogen-bond donors (Lipinski definition) is 4. The number of benzene rings is 1. The van der Waals surface area contributed by atoms with Crippen molar-refractivity contribution in [3.63, 3.8) is 0 Å². The minimum absolute atomic E-state index is 0.0412. The van der Waals surface area contributed by atoms with E-state index in [4.69, 9.17) is 28.3 Å². The topological polar surface area (TPSA) is 125 Å². The monoisotopic (exact) mass is 397 g/mol. The molecule has 0 heterocycles. The molecule has 0 aliphatic rings. The van der Waals surface area contributed by atoms with Crippen molar-refractivity contribution in [2.75, 3.05) is 19.6 Å². The molecule has 0 atom stereocenters. The summed E-state index contributed by atoms with van der Waals surface area (Å²) < 4.78 is 26.5. The van der Waals surface area contributed by atoms with E-state index in [-0.39, 0.29) is 41.0 Å². The van der Waals surface area contributed by atoms with E-state index in [9.17, 15) is 18.0 Å². The van der Waals surface area contributed by atoms with E-state index >= 15 is 0 Å². The molecule has 0 saturated heterocycles. The van der Waals surface area contributed by atoms with Crippen LogP contribution in [0, 0.1) is 0 Å². The van der Waals surface area contributed by atoms with Crippen LogP contribution in [0.15, 0.2) is 23.1 Å². The van der Waals surface area contributed by atoms with E-state index < -0.39 is 22.0 Å². The molecule has 1 rings (SSSR count). The Labute approximate surface area is 149 Å². The first-order chi connectivity index (χ1) is 11.2. The lowest BCUT2D eigenvalue weighted by Gasteiger charge is -2.10. The molecular formula is C13H17Cl2N3O5S. The molecule has 24 heavy (non-hydrogen) atoms. The zero-order valence-corrected chi connectivity index (χ0v) is 14.8. The molecule has 0 fully saturated rings. The minimum atomic E-state index is -3.85. The highest BCUT2D eigenvalue weighted by molar-refractivity contribution is 7.89. The van der Waals surface area contributed by atoms with Gasteiger partial charge in [-0.25, -0.2) is 17.9 Å². The van der Waals surface area contributed by atoms with Crippen molar-refractivity contribution in [3.05, 3.63) is 28.2 Å². The number of sulfonamides is 1. The van der Waals surface area contributed by atoms with Gasteiger partial charge >= 0.3 is 12.0 Å². The quantitative estimate of drug-likeness (QED) is 0.469. The molecule has 0 unspecified atom stereocenters. The number of nitrogens with one attached hydrogen (secondary N) is 3. The Morgan fingerprint density at radius 2 is 1.75 bits per heavy atom. The predicted molar refractivity (Wildman–Crippen MR) is 89.9 cm³/mol. The Morgan fingerprint density at radius 3 is 2.42 bits per heavy atom. The van der Waals surface area contributed by atoms with Crippen molar-refractivity contribution < 1.29 is 23.1 Å². The van der Waals surface area contributed by atoms with Crippen molar-refractivity contribution in [2.45, 2.75) is 17.7 Å². The number of rotatable bonds is 9. The highest BCUT2D eigenvalue weighted by Gasteiger charge is 2.18. The van der Waals surface area contributed by atoms with Gasteiger partial charge in [0.05, 0.1) is 10.0 Å². The Bertz CT molecular complexity index is 697. The van der Waals surface area contributed by atoms with Crippen LogP contribution in [0.2, 0.25) is 10.0 Å². The summed E-state index contributed by atoms with van der Waals surface area (Å²) in [6, 6.07) is 3.74. The molecule has 4 N–H and O–H groups in total. The number of halogens is 2. The number of carbonyl (C=O) groups excluding carboxylic acids is 1. The molecule has 134 valence electrons. The third-order valence-corrected chi connectivity index (χ3v) is 5.20. The molecule has 0 aliphatic heterocycles. The van der Waals surface area contributed by atoms with Gasteiger partial charge < -0.3 is 15.7 Å². The number of carbonyl (C=O) groups is 2. The molecular weight excluding hydrogens is 381 g/mol. The Kier molecular flexibility index (Phi) is 8.26. The fraction of sp³-hybridized carbons (Fsp3) is 0.385. The van der Waals surface area contributed by atoms with Gasteiger partial charge in [0.2, 0.25) is 10.0 Å². The lowest BCUT2D eigenvalue weighted by molar-refractivity contribution is -0.137. The predicted octanol–water partition coefficient (Wildman–Crippen LogP) is 1.44. The van der Waals surface area contributed by atoms with E-state index in [0.29, 0.717) is 6.42 Å². The van der Waals surface area contributed by atoms with Crippen molar-refractivity contribution in [1.29, 1.82) is 0 Å². The summed E-state index contributed by atoms with van der Waals surface area (Å²) in [6.45, 7) is 0.206. The second kappa shape index (κ2) is 9.67. The first kappa shape index (κ1) is 20.5. The van der Waals surface area contributed by atoms with Gasteiger partial charge in [0.1, 0.15) is 4.90 Å². The maximum atomic E-state index is 12.1. The van der Waals surface area contributed by atoms with Gasteiger partial charge in [-0.15, -0.1) is 0 Å². The van der Waals surface area contributed by atoms with Crippen LogP contribution in [0.3, 0.4) is 0 Å². The average Bonchev–Trinajstić information content (AvgIpc) is 2.50. The molecule has 0 spiro atoms. The Morgan fingerprint density at radius 1 is 1.08 bits per heavy atom. The second-order valence-corrected chi connectivity index (χ2v) is 7.15. The minimum Gasteiger partial charge on any atom is -0.481 e. The highest BCUT2D eigenvalue weighted by atomic mass is 35.5. The van der Waals surface area contributed by atoms with E-state index in [1.54, 1.807) is 0 Å². The lowest BCUT2D eigenvalue weighted by atomic mass is 10.3. The number of urea groups is 1.